The van der Waals surface area contributed by atoms with Gasteiger partial charge in [-0.1, -0.05) is 25.0 Å². The molecule has 0 saturated heterocycles. The van der Waals surface area contributed by atoms with Gasteiger partial charge in [0, 0.05) is 17.4 Å². The van der Waals surface area contributed by atoms with Gasteiger partial charge in [-0.15, -0.1) is 0 Å². The molecule has 1 atom stereocenters. The molecule has 1 aliphatic carbocycles. The zero-order valence-corrected chi connectivity index (χ0v) is 12.4. The van der Waals surface area contributed by atoms with Gasteiger partial charge in [0.05, 0.1) is 6.10 Å². The van der Waals surface area contributed by atoms with Crippen LogP contribution in [0.2, 0.25) is 0 Å². The zero-order valence-electron chi connectivity index (χ0n) is 12.4. The van der Waals surface area contributed by atoms with Gasteiger partial charge in [-0.05, 0) is 43.4 Å². The maximum Gasteiger partial charge on any atom is 0.267 e. The van der Waals surface area contributed by atoms with Crippen LogP contribution in [0.25, 0.3) is 10.9 Å². The molecule has 1 aliphatic rings. The van der Waals surface area contributed by atoms with E-state index < -0.39 is 6.10 Å². The largest absolute Gasteiger partial charge is 0.391 e. The predicted molar refractivity (Wildman–Crippen MR) is 83.3 cm³/mol. The number of carbonyl (C=O) groups is 1. The molecule has 21 heavy (non-hydrogen) atoms. The van der Waals surface area contributed by atoms with Crippen molar-refractivity contribution in [2.75, 3.05) is 6.54 Å². The van der Waals surface area contributed by atoms with E-state index in [1.807, 2.05) is 31.2 Å². The molecule has 1 fully saturated rings. The highest BCUT2D eigenvalue weighted by molar-refractivity contribution is 5.98. The number of aliphatic hydroxyl groups is 1. The van der Waals surface area contributed by atoms with E-state index in [1.54, 1.807) is 0 Å². The van der Waals surface area contributed by atoms with Gasteiger partial charge in [0.15, 0.2) is 0 Å². The molecule has 1 aromatic heterocycles. The smallest absolute Gasteiger partial charge is 0.267 e. The van der Waals surface area contributed by atoms with Crippen LogP contribution in [0, 0.1) is 12.8 Å². The molecule has 4 heteroatoms. The Kier molecular flexibility index (Phi) is 3.97. The number of aromatic nitrogens is 1. The van der Waals surface area contributed by atoms with Crippen LogP contribution < -0.4 is 5.32 Å². The van der Waals surface area contributed by atoms with E-state index in [0.717, 1.165) is 29.3 Å². The minimum absolute atomic E-state index is 0.152. The van der Waals surface area contributed by atoms with Crippen molar-refractivity contribution >= 4 is 16.8 Å². The second kappa shape index (κ2) is 5.90. The molecule has 3 N–H and O–H groups in total. The van der Waals surface area contributed by atoms with Crippen LogP contribution in [0.3, 0.4) is 0 Å². The second-order valence-electron chi connectivity index (χ2n) is 6.10. The van der Waals surface area contributed by atoms with Crippen molar-refractivity contribution < 1.29 is 9.90 Å². The molecule has 0 radical (unpaired) electrons. The summed E-state index contributed by atoms with van der Waals surface area (Å²) in [6, 6.07) is 7.92. The Hall–Kier alpha value is -1.81. The fourth-order valence-corrected chi connectivity index (χ4v) is 3.16. The van der Waals surface area contributed by atoms with Crippen molar-refractivity contribution in [1.29, 1.82) is 0 Å². The first-order chi connectivity index (χ1) is 10.1. The first kappa shape index (κ1) is 14.1. The second-order valence-corrected chi connectivity index (χ2v) is 6.10. The molecule has 1 saturated carbocycles. The third-order valence-corrected chi connectivity index (χ3v) is 4.44. The molecule has 1 unspecified atom stereocenters. The van der Waals surface area contributed by atoms with Gasteiger partial charge in [-0.3, -0.25) is 4.79 Å². The number of amides is 1. The number of rotatable bonds is 4. The lowest BCUT2D eigenvalue weighted by Gasteiger charge is -2.17. The molecule has 1 aromatic carbocycles. The molecule has 3 rings (SSSR count). The number of aliphatic hydroxyl groups excluding tert-OH is 1. The van der Waals surface area contributed by atoms with Crippen molar-refractivity contribution in [3.63, 3.8) is 0 Å². The molecular weight excluding hydrogens is 264 g/mol. The van der Waals surface area contributed by atoms with Crippen LogP contribution >= 0.6 is 0 Å². The number of benzene rings is 1. The molecule has 1 amide bonds. The van der Waals surface area contributed by atoms with E-state index in [-0.39, 0.29) is 5.91 Å². The molecule has 0 bridgehead atoms. The lowest BCUT2D eigenvalue weighted by Crippen LogP contribution is -2.35. The van der Waals surface area contributed by atoms with Crippen molar-refractivity contribution in [1.82, 2.24) is 10.3 Å². The zero-order chi connectivity index (χ0) is 14.8. The maximum atomic E-state index is 12.2. The summed E-state index contributed by atoms with van der Waals surface area (Å²) in [5.74, 6) is 0.191. The fourth-order valence-electron chi connectivity index (χ4n) is 3.16. The highest BCUT2D eigenvalue weighted by Gasteiger charge is 2.23. The SMILES string of the molecule is Cc1ccc2cc(C(=O)NCC(O)C3CCCC3)[nH]c2c1. The van der Waals surface area contributed by atoms with Gasteiger partial charge in [0.1, 0.15) is 5.69 Å². The minimum atomic E-state index is -0.428. The molecule has 112 valence electrons. The maximum absolute atomic E-state index is 12.2. The van der Waals surface area contributed by atoms with Crippen LogP contribution in [0.15, 0.2) is 24.3 Å². The average Bonchev–Trinajstić information content (AvgIpc) is 3.12. The normalized spacial score (nSPS) is 17.2. The fraction of sp³-hybridized carbons (Fsp3) is 0.471. The van der Waals surface area contributed by atoms with Crippen molar-refractivity contribution in [3.05, 3.63) is 35.5 Å². The van der Waals surface area contributed by atoms with Gasteiger partial charge in [0.2, 0.25) is 0 Å². The van der Waals surface area contributed by atoms with E-state index in [1.165, 1.54) is 12.8 Å². The van der Waals surface area contributed by atoms with Crippen molar-refractivity contribution in [2.24, 2.45) is 5.92 Å². The number of aromatic amines is 1. The van der Waals surface area contributed by atoms with Gasteiger partial charge in [-0.25, -0.2) is 0 Å². The van der Waals surface area contributed by atoms with Crippen LogP contribution in [-0.2, 0) is 0 Å². The third kappa shape index (κ3) is 3.10. The summed E-state index contributed by atoms with van der Waals surface area (Å²) in [4.78, 5) is 15.3. The van der Waals surface area contributed by atoms with Crippen LogP contribution in [0.5, 0.6) is 0 Å². The molecule has 2 aromatic rings. The Labute approximate surface area is 124 Å². The number of fused-ring (bicyclic) bond motifs is 1. The van der Waals surface area contributed by atoms with Crippen LogP contribution in [0.1, 0.15) is 41.7 Å². The third-order valence-electron chi connectivity index (χ3n) is 4.44. The lowest BCUT2D eigenvalue weighted by molar-refractivity contribution is 0.0837. The molecule has 4 nitrogen and oxygen atoms in total. The Balaban J connectivity index is 1.63. The Morgan fingerprint density at radius 1 is 1.38 bits per heavy atom. The van der Waals surface area contributed by atoms with E-state index in [2.05, 4.69) is 10.3 Å². The number of hydrogen-bond acceptors (Lipinski definition) is 2. The Bertz CT molecular complexity index is 641. The van der Waals surface area contributed by atoms with E-state index in [9.17, 15) is 9.90 Å². The van der Waals surface area contributed by atoms with E-state index >= 15 is 0 Å². The van der Waals surface area contributed by atoms with Gasteiger partial charge >= 0.3 is 0 Å². The number of nitrogens with one attached hydrogen (secondary N) is 2. The standard InChI is InChI=1S/C17H22N2O2/c1-11-6-7-13-9-15(19-14(13)8-11)17(21)18-10-16(20)12-4-2-3-5-12/h6-9,12,16,19-20H,2-5,10H2,1H3,(H,18,21). The monoisotopic (exact) mass is 286 g/mol. The van der Waals surface area contributed by atoms with Gasteiger partial charge in [-0.2, -0.15) is 0 Å². The summed E-state index contributed by atoms with van der Waals surface area (Å²) in [6.45, 7) is 2.36. The topological polar surface area (TPSA) is 65.1 Å². The summed E-state index contributed by atoms with van der Waals surface area (Å²) in [5, 5.41) is 14.0. The number of aryl methyl sites for hydroxylation is 1. The highest BCUT2D eigenvalue weighted by Crippen LogP contribution is 2.27. The quantitative estimate of drug-likeness (QED) is 0.809. The molecular formula is C17H22N2O2. The van der Waals surface area contributed by atoms with Gasteiger partial charge < -0.3 is 15.4 Å². The lowest BCUT2D eigenvalue weighted by atomic mass is 10.0. The summed E-state index contributed by atoms with van der Waals surface area (Å²) in [6.07, 6.45) is 4.10. The summed E-state index contributed by atoms with van der Waals surface area (Å²) >= 11 is 0. The number of hydrogen-bond donors (Lipinski definition) is 3. The Morgan fingerprint density at radius 3 is 2.90 bits per heavy atom. The van der Waals surface area contributed by atoms with Gasteiger partial charge in [0.25, 0.3) is 5.91 Å². The predicted octanol–water partition coefficient (Wildman–Crippen LogP) is 2.76. The number of carbonyl (C=O) groups excluding carboxylic acids is 1. The van der Waals surface area contributed by atoms with E-state index in [0.29, 0.717) is 18.2 Å². The van der Waals surface area contributed by atoms with E-state index in [4.69, 9.17) is 0 Å². The summed E-state index contributed by atoms with van der Waals surface area (Å²) in [5.41, 5.74) is 2.68. The minimum Gasteiger partial charge on any atom is -0.391 e. The summed E-state index contributed by atoms with van der Waals surface area (Å²) in [7, 11) is 0. The van der Waals surface area contributed by atoms with Crippen LogP contribution in [-0.4, -0.2) is 28.6 Å². The first-order valence-electron chi connectivity index (χ1n) is 7.69. The van der Waals surface area contributed by atoms with Crippen LogP contribution in [0.4, 0.5) is 0 Å². The average molecular weight is 286 g/mol. The number of H-pyrrole nitrogens is 1. The highest BCUT2D eigenvalue weighted by atomic mass is 16.3. The van der Waals surface area contributed by atoms with Crippen molar-refractivity contribution in [2.45, 2.75) is 38.7 Å². The summed E-state index contributed by atoms with van der Waals surface area (Å²) < 4.78 is 0. The molecule has 0 spiro atoms. The molecule has 1 heterocycles. The van der Waals surface area contributed by atoms with Crippen molar-refractivity contribution in [3.8, 4) is 0 Å². The first-order valence-corrected chi connectivity index (χ1v) is 7.69. The molecule has 0 aliphatic heterocycles. The Morgan fingerprint density at radius 2 is 2.14 bits per heavy atom.